The molecule has 8 heteroatoms. The van der Waals surface area contributed by atoms with Gasteiger partial charge in [-0.3, -0.25) is 9.40 Å². The van der Waals surface area contributed by atoms with Crippen molar-refractivity contribution in [1.29, 1.82) is 0 Å². The topological polar surface area (TPSA) is 88.9 Å². The van der Waals surface area contributed by atoms with Crippen LogP contribution in [0.2, 0.25) is 0 Å². The molecule has 2 N–H and O–H groups in total. The number of aryl methyl sites for hydroxylation is 2. The van der Waals surface area contributed by atoms with Crippen LogP contribution in [0.1, 0.15) is 5.69 Å². The highest BCUT2D eigenvalue weighted by Crippen LogP contribution is 2.22. The highest BCUT2D eigenvalue weighted by Gasteiger charge is 2.21. The number of aromatic nitrogens is 3. The molecular weight excluding hydrogens is 266 g/mol. The molecule has 0 aliphatic heterocycles. The molecule has 0 aliphatic rings. The molecular formula is C11H15N5O2S. The molecule has 0 amide bonds. The number of hydrogen-bond donors (Lipinski definition) is 2. The van der Waals surface area contributed by atoms with Gasteiger partial charge in [-0.15, -0.1) is 0 Å². The van der Waals surface area contributed by atoms with Crippen molar-refractivity contribution >= 4 is 21.4 Å². The van der Waals surface area contributed by atoms with Crippen molar-refractivity contribution < 1.29 is 8.42 Å². The third-order valence-electron chi connectivity index (χ3n) is 2.55. The highest BCUT2D eigenvalue weighted by molar-refractivity contribution is 7.92. The van der Waals surface area contributed by atoms with E-state index in [0.29, 0.717) is 17.1 Å². The van der Waals surface area contributed by atoms with Crippen molar-refractivity contribution in [2.45, 2.75) is 11.9 Å². The standard InChI is InChI=1S/C11H15N5O2S/c1-8-10(7-16(3)14-8)15-19(17,18)11-9(12-2)5-4-6-13-11/h4-7,12,15H,1-3H3. The molecule has 0 fully saturated rings. The van der Waals surface area contributed by atoms with E-state index in [0.717, 1.165) is 0 Å². The molecule has 0 aromatic carbocycles. The van der Waals surface area contributed by atoms with E-state index in [1.54, 1.807) is 44.0 Å². The summed E-state index contributed by atoms with van der Waals surface area (Å²) in [7, 11) is -0.371. The average molecular weight is 281 g/mol. The second-order valence-electron chi connectivity index (χ2n) is 4.01. The summed E-state index contributed by atoms with van der Waals surface area (Å²) >= 11 is 0. The zero-order chi connectivity index (χ0) is 14.0. The van der Waals surface area contributed by atoms with Crippen LogP contribution in [0.5, 0.6) is 0 Å². The van der Waals surface area contributed by atoms with Gasteiger partial charge in [-0.05, 0) is 19.1 Å². The summed E-state index contributed by atoms with van der Waals surface area (Å²) in [6.07, 6.45) is 3.04. The number of anilines is 2. The van der Waals surface area contributed by atoms with Gasteiger partial charge in [0.15, 0.2) is 5.03 Å². The molecule has 0 radical (unpaired) electrons. The molecule has 0 saturated heterocycles. The van der Waals surface area contributed by atoms with Gasteiger partial charge in [-0.1, -0.05) is 0 Å². The summed E-state index contributed by atoms with van der Waals surface area (Å²) in [4.78, 5) is 3.91. The van der Waals surface area contributed by atoms with E-state index in [9.17, 15) is 8.42 Å². The maximum absolute atomic E-state index is 12.3. The summed E-state index contributed by atoms with van der Waals surface area (Å²) in [6.45, 7) is 1.73. The van der Waals surface area contributed by atoms with Gasteiger partial charge < -0.3 is 5.32 Å². The first kappa shape index (κ1) is 13.3. The van der Waals surface area contributed by atoms with Gasteiger partial charge in [0.1, 0.15) is 0 Å². The maximum Gasteiger partial charge on any atom is 0.281 e. The lowest BCUT2D eigenvalue weighted by Crippen LogP contribution is -2.16. The number of hydrogen-bond acceptors (Lipinski definition) is 5. The first-order chi connectivity index (χ1) is 8.94. The highest BCUT2D eigenvalue weighted by atomic mass is 32.2. The molecule has 102 valence electrons. The molecule has 2 aromatic heterocycles. The Morgan fingerprint density at radius 1 is 1.32 bits per heavy atom. The predicted octanol–water partition coefficient (Wildman–Crippen LogP) is 0.966. The Hall–Kier alpha value is -2.09. The molecule has 2 heterocycles. The Balaban J connectivity index is 2.40. The van der Waals surface area contributed by atoms with Crippen molar-refractivity contribution in [3.63, 3.8) is 0 Å². The molecule has 7 nitrogen and oxygen atoms in total. The summed E-state index contributed by atoms with van der Waals surface area (Å²) in [6, 6.07) is 3.32. The van der Waals surface area contributed by atoms with Gasteiger partial charge >= 0.3 is 0 Å². The number of nitrogens with zero attached hydrogens (tertiary/aromatic N) is 3. The quantitative estimate of drug-likeness (QED) is 0.871. The zero-order valence-corrected chi connectivity index (χ0v) is 11.7. The number of rotatable bonds is 4. The third-order valence-corrected chi connectivity index (χ3v) is 3.88. The molecule has 2 rings (SSSR count). The van der Waals surface area contributed by atoms with Crippen molar-refractivity contribution in [3.8, 4) is 0 Å². The Bertz CT molecular complexity index is 693. The Morgan fingerprint density at radius 2 is 2.05 bits per heavy atom. The predicted molar refractivity (Wildman–Crippen MR) is 72.5 cm³/mol. The maximum atomic E-state index is 12.3. The van der Waals surface area contributed by atoms with E-state index >= 15 is 0 Å². The fraction of sp³-hybridized carbons (Fsp3) is 0.273. The summed E-state index contributed by atoms with van der Waals surface area (Å²) < 4.78 is 28.6. The van der Waals surface area contributed by atoms with Gasteiger partial charge in [-0.2, -0.15) is 13.5 Å². The van der Waals surface area contributed by atoms with Crippen LogP contribution in [0, 0.1) is 6.92 Å². The summed E-state index contributed by atoms with van der Waals surface area (Å²) in [5, 5.41) is 6.85. The van der Waals surface area contributed by atoms with Crippen molar-refractivity contribution in [2.24, 2.45) is 7.05 Å². The normalized spacial score (nSPS) is 11.3. The van der Waals surface area contributed by atoms with Crippen LogP contribution < -0.4 is 10.0 Å². The van der Waals surface area contributed by atoms with Crippen LogP contribution in [0.3, 0.4) is 0 Å². The minimum Gasteiger partial charge on any atom is -0.386 e. The summed E-state index contributed by atoms with van der Waals surface area (Å²) in [5.41, 5.74) is 1.49. The lowest BCUT2D eigenvalue weighted by atomic mass is 10.4. The fourth-order valence-electron chi connectivity index (χ4n) is 1.69. The second kappa shape index (κ2) is 4.88. The molecule has 0 aliphatic carbocycles. The smallest absolute Gasteiger partial charge is 0.281 e. The van der Waals surface area contributed by atoms with Crippen LogP contribution in [0.4, 0.5) is 11.4 Å². The van der Waals surface area contributed by atoms with E-state index in [-0.39, 0.29) is 5.03 Å². The van der Waals surface area contributed by atoms with E-state index in [1.165, 1.54) is 6.20 Å². The average Bonchev–Trinajstić information content (AvgIpc) is 2.67. The zero-order valence-electron chi connectivity index (χ0n) is 10.9. The van der Waals surface area contributed by atoms with Crippen LogP contribution in [-0.2, 0) is 17.1 Å². The molecule has 2 aromatic rings. The van der Waals surface area contributed by atoms with E-state index in [4.69, 9.17) is 0 Å². The van der Waals surface area contributed by atoms with Crippen LogP contribution >= 0.6 is 0 Å². The Morgan fingerprint density at radius 3 is 2.63 bits per heavy atom. The van der Waals surface area contributed by atoms with Crippen molar-refractivity contribution in [2.75, 3.05) is 17.1 Å². The lowest BCUT2D eigenvalue weighted by molar-refractivity contribution is 0.598. The van der Waals surface area contributed by atoms with E-state index in [1.807, 2.05) is 0 Å². The molecule has 0 spiro atoms. The van der Waals surface area contributed by atoms with Gasteiger partial charge in [0.05, 0.1) is 17.1 Å². The monoisotopic (exact) mass is 281 g/mol. The van der Waals surface area contributed by atoms with Gasteiger partial charge in [0.25, 0.3) is 10.0 Å². The van der Waals surface area contributed by atoms with Gasteiger partial charge in [0, 0.05) is 26.5 Å². The minimum atomic E-state index is -3.74. The van der Waals surface area contributed by atoms with Gasteiger partial charge in [-0.25, -0.2) is 4.98 Å². The Kier molecular flexibility index (Phi) is 3.43. The molecule has 0 saturated carbocycles. The first-order valence-corrected chi connectivity index (χ1v) is 7.08. The summed E-state index contributed by atoms with van der Waals surface area (Å²) in [5.74, 6) is 0. The molecule has 0 atom stereocenters. The lowest BCUT2D eigenvalue weighted by Gasteiger charge is -2.09. The second-order valence-corrected chi connectivity index (χ2v) is 5.61. The third kappa shape index (κ3) is 2.68. The van der Waals surface area contributed by atoms with E-state index in [2.05, 4.69) is 20.1 Å². The number of pyridine rings is 1. The molecule has 19 heavy (non-hydrogen) atoms. The number of nitrogens with one attached hydrogen (secondary N) is 2. The molecule has 0 unspecified atom stereocenters. The SMILES string of the molecule is CNc1cccnc1S(=O)(=O)Nc1cn(C)nc1C. The number of sulfonamides is 1. The van der Waals surface area contributed by atoms with Gasteiger partial charge in [0.2, 0.25) is 0 Å². The fourth-order valence-corrected chi connectivity index (χ4v) is 2.93. The van der Waals surface area contributed by atoms with Crippen molar-refractivity contribution in [3.05, 3.63) is 30.2 Å². The van der Waals surface area contributed by atoms with Crippen LogP contribution in [0.25, 0.3) is 0 Å². The molecule has 0 bridgehead atoms. The largest absolute Gasteiger partial charge is 0.386 e. The van der Waals surface area contributed by atoms with Crippen molar-refractivity contribution in [1.82, 2.24) is 14.8 Å². The minimum absolute atomic E-state index is 0.0410. The van der Waals surface area contributed by atoms with E-state index < -0.39 is 10.0 Å². The van der Waals surface area contributed by atoms with Crippen LogP contribution in [0.15, 0.2) is 29.6 Å². The van der Waals surface area contributed by atoms with Crippen LogP contribution in [-0.4, -0.2) is 30.2 Å². The Labute approximate surface area is 111 Å². The first-order valence-electron chi connectivity index (χ1n) is 5.60.